The number of nitrogens with zero attached hydrogens (tertiary/aromatic N) is 1. The summed E-state index contributed by atoms with van der Waals surface area (Å²) in [5.41, 5.74) is -1.63. The maximum atomic E-state index is 13.7. The van der Waals surface area contributed by atoms with Gasteiger partial charge in [0, 0.05) is 28.3 Å². The molecule has 0 aliphatic heterocycles. The summed E-state index contributed by atoms with van der Waals surface area (Å²) < 4.78 is 5.90. The summed E-state index contributed by atoms with van der Waals surface area (Å²) in [4.78, 5) is 30.1. The number of carbonyl (C=O) groups excluding carboxylic acids is 2. The van der Waals surface area contributed by atoms with Crippen LogP contribution in [0.2, 0.25) is 0 Å². The van der Waals surface area contributed by atoms with Crippen molar-refractivity contribution in [2.75, 3.05) is 6.61 Å². The normalized spacial score (nSPS) is 40.5. The van der Waals surface area contributed by atoms with E-state index >= 15 is 0 Å². The number of ketones is 2. The van der Waals surface area contributed by atoms with Crippen LogP contribution in [0.4, 0.5) is 0 Å². The molecule has 6 unspecified atom stereocenters. The van der Waals surface area contributed by atoms with Crippen LogP contribution in [-0.2, 0) is 9.59 Å². The molecule has 37 heavy (non-hydrogen) atoms. The number of fused-ring (bicyclic) bond motifs is 6. The number of hydrogen-bond acceptors (Lipinski definition) is 6. The third kappa shape index (κ3) is 3.41. The number of aliphatic hydroxyl groups excluding tert-OH is 1. The molecule has 4 aliphatic rings. The Hall–Kier alpha value is -2.83. The summed E-state index contributed by atoms with van der Waals surface area (Å²) in [7, 11) is 0. The molecule has 0 spiro atoms. The zero-order chi connectivity index (χ0) is 26.2. The van der Waals surface area contributed by atoms with E-state index in [4.69, 9.17) is 4.74 Å². The number of pyridine rings is 1. The quantitative estimate of drug-likeness (QED) is 0.643. The molecule has 0 radical (unpaired) electrons. The van der Waals surface area contributed by atoms with Gasteiger partial charge in [0.25, 0.3) is 0 Å². The van der Waals surface area contributed by atoms with Gasteiger partial charge < -0.3 is 14.9 Å². The SMILES string of the molecule is C[C@H]1CC2C(C(O)CC3(C)C2CC[C@]3(O)C(=O)COc2nccc3ccccc23)C2(C)C=CC(=O)C=C12. The second-order valence-corrected chi connectivity index (χ2v) is 12.2. The Morgan fingerprint density at radius 2 is 2.00 bits per heavy atom. The lowest BCUT2D eigenvalue weighted by molar-refractivity contribution is -0.179. The van der Waals surface area contributed by atoms with Crippen LogP contribution in [0.25, 0.3) is 10.8 Å². The highest BCUT2D eigenvalue weighted by molar-refractivity contribution is 6.01. The van der Waals surface area contributed by atoms with Crippen molar-refractivity contribution in [3.05, 3.63) is 60.3 Å². The van der Waals surface area contributed by atoms with Crippen LogP contribution in [0.3, 0.4) is 0 Å². The van der Waals surface area contributed by atoms with E-state index < -0.39 is 22.5 Å². The molecule has 4 aliphatic carbocycles. The molecule has 8 atom stereocenters. The van der Waals surface area contributed by atoms with Gasteiger partial charge >= 0.3 is 0 Å². The van der Waals surface area contributed by atoms with Gasteiger partial charge in [0.1, 0.15) is 5.60 Å². The van der Waals surface area contributed by atoms with E-state index in [9.17, 15) is 19.8 Å². The fraction of sp³-hybridized carbons (Fsp3) is 0.516. The van der Waals surface area contributed by atoms with E-state index in [1.165, 1.54) is 0 Å². The van der Waals surface area contributed by atoms with Crippen LogP contribution in [-0.4, -0.2) is 45.1 Å². The summed E-state index contributed by atoms with van der Waals surface area (Å²) in [6, 6.07) is 9.60. The van der Waals surface area contributed by atoms with Gasteiger partial charge in [0.15, 0.2) is 12.4 Å². The second-order valence-electron chi connectivity index (χ2n) is 12.2. The minimum atomic E-state index is -1.58. The standard InChI is InChI=1S/C31H35NO5/c1-18-14-22-23-9-12-31(36,26(35)17-37-28-21-7-5-4-6-19(21)10-13-32-28)30(23,3)16-25(34)27(22)29(2)11-8-20(33)15-24(18)29/h4-8,10-11,13,15,18,22-23,25,27,34,36H,9,12,14,16-17H2,1-3H3/t18-,22?,23?,25?,27?,29?,30?,31-/m0/s1. The Morgan fingerprint density at radius 3 is 2.81 bits per heavy atom. The molecule has 0 saturated heterocycles. The number of Topliss-reactive ketones (excluding diaryl/α,β-unsaturated/α-hetero) is 1. The molecule has 0 amide bonds. The van der Waals surface area contributed by atoms with Crippen molar-refractivity contribution in [1.82, 2.24) is 4.98 Å². The van der Waals surface area contributed by atoms with Crippen LogP contribution in [0.5, 0.6) is 5.88 Å². The van der Waals surface area contributed by atoms with Crippen molar-refractivity contribution in [3.63, 3.8) is 0 Å². The van der Waals surface area contributed by atoms with E-state index in [1.807, 2.05) is 43.3 Å². The molecule has 0 bridgehead atoms. The van der Waals surface area contributed by atoms with Gasteiger partial charge in [-0.05, 0) is 73.1 Å². The maximum absolute atomic E-state index is 13.7. The van der Waals surface area contributed by atoms with E-state index in [0.717, 1.165) is 29.2 Å². The van der Waals surface area contributed by atoms with Gasteiger partial charge in [-0.15, -0.1) is 0 Å². The van der Waals surface area contributed by atoms with Gasteiger partial charge in [0.2, 0.25) is 11.7 Å². The van der Waals surface area contributed by atoms with E-state index in [-0.39, 0.29) is 41.8 Å². The first-order valence-electron chi connectivity index (χ1n) is 13.4. The number of carbonyl (C=O) groups is 2. The third-order valence-corrected chi connectivity index (χ3v) is 10.4. The molecule has 6 nitrogen and oxygen atoms in total. The predicted octanol–water partition coefficient (Wildman–Crippen LogP) is 4.44. The largest absolute Gasteiger partial charge is 0.469 e. The summed E-state index contributed by atoms with van der Waals surface area (Å²) in [5, 5.41) is 25.4. The van der Waals surface area contributed by atoms with Gasteiger partial charge in [-0.1, -0.05) is 50.6 Å². The first-order valence-corrected chi connectivity index (χ1v) is 13.4. The molecular formula is C31H35NO5. The summed E-state index contributed by atoms with van der Waals surface area (Å²) in [5.74, 6) is 0.422. The fourth-order valence-electron chi connectivity index (χ4n) is 8.67. The number of aromatic nitrogens is 1. The van der Waals surface area contributed by atoms with Crippen molar-refractivity contribution < 1.29 is 24.5 Å². The average Bonchev–Trinajstić information content (AvgIpc) is 3.14. The molecule has 1 aromatic heterocycles. The Balaban J connectivity index is 1.28. The highest BCUT2D eigenvalue weighted by Crippen LogP contribution is 2.67. The lowest BCUT2D eigenvalue weighted by atomic mass is 9.45. The maximum Gasteiger partial charge on any atom is 0.221 e. The molecular weight excluding hydrogens is 466 g/mol. The first-order chi connectivity index (χ1) is 17.6. The van der Waals surface area contributed by atoms with Gasteiger partial charge in [0.05, 0.1) is 6.10 Å². The molecule has 1 heterocycles. The molecule has 194 valence electrons. The Kier molecular flexibility index (Phi) is 5.52. The molecule has 3 saturated carbocycles. The van der Waals surface area contributed by atoms with Crippen molar-refractivity contribution in [2.24, 2.45) is 34.5 Å². The van der Waals surface area contributed by atoms with Crippen LogP contribution in [0, 0.1) is 34.5 Å². The zero-order valence-electron chi connectivity index (χ0n) is 21.7. The monoisotopic (exact) mass is 501 g/mol. The van der Waals surface area contributed by atoms with Crippen LogP contribution in [0.1, 0.15) is 46.5 Å². The minimum absolute atomic E-state index is 0.00874. The molecule has 1 aromatic carbocycles. The average molecular weight is 502 g/mol. The third-order valence-electron chi connectivity index (χ3n) is 10.4. The highest BCUT2D eigenvalue weighted by Gasteiger charge is 2.68. The molecule has 3 fully saturated rings. The summed E-state index contributed by atoms with van der Waals surface area (Å²) in [6.07, 6.45) is 8.60. The van der Waals surface area contributed by atoms with E-state index in [2.05, 4.69) is 18.8 Å². The smallest absolute Gasteiger partial charge is 0.221 e. The van der Waals surface area contributed by atoms with Gasteiger partial charge in [-0.3, -0.25) is 9.59 Å². The topological polar surface area (TPSA) is 96.7 Å². The van der Waals surface area contributed by atoms with Crippen molar-refractivity contribution in [2.45, 2.75) is 58.2 Å². The number of ether oxygens (including phenoxy) is 1. The van der Waals surface area contributed by atoms with Crippen LogP contribution < -0.4 is 4.74 Å². The number of benzene rings is 1. The Morgan fingerprint density at radius 1 is 1.22 bits per heavy atom. The fourth-order valence-corrected chi connectivity index (χ4v) is 8.67. The second kappa shape index (κ2) is 8.34. The summed E-state index contributed by atoms with van der Waals surface area (Å²) in [6.45, 7) is 6.01. The van der Waals surface area contributed by atoms with E-state index in [1.54, 1.807) is 18.3 Å². The number of aliphatic hydroxyl groups is 2. The van der Waals surface area contributed by atoms with E-state index in [0.29, 0.717) is 18.7 Å². The van der Waals surface area contributed by atoms with Crippen molar-refractivity contribution >= 4 is 22.3 Å². The lowest BCUT2D eigenvalue weighted by Crippen LogP contribution is -2.62. The Bertz CT molecular complexity index is 1340. The number of allylic oxidation sites excluding steroid dienone is 4. The predicted molar refractivity (Wildman–Crippen MR) is 140 cm³/mol. The first kappa shape index (κ1) is 24.5. The van der Waals surface area contributed by atoms with Crippen molar-refractivity contribution in [1.29, 1.82) is 0 Å². The van der Waals surface area contributed by atoms with Crippen LogP contribution in [0.15, 0.2) is 60.3 Å². The lowest BCUT2D eigenvalue weighted by Gasteiger charge is -2.60. The molecule has 2 aromatic rings. The molecule has 6 heteroatoms. The van der Waals surface area contributed by atoms with Gasteiger partial charge in [-0.25, -0.2) is 4.98 Å². The van der Waals surface area contributed by atoms with Crippen molar-refractivity contribution in [3.8, 4) is 5.88 Å². The number of hydrogen-bond donors (Lipinski definition) is 2. The minimum Gasteiger partial charge on any atom is -0.469 e. The Labute approximate surface area is 217 Å². The summed E-state index contributed by atoms with van der Waals surface area (Å²) >= 11 is 0. The highest BCUT2D eigenvalue weighted by atomic mass is 16.5. The molecule has 2 N–H and O–H groups in total. The zero-order valence-corrected chi connectivity index (χ0v) is 21.7. The van der Waals surface area contributed by atoms with Gasteiger partial charge in [-0.2, -0.15) is 0 Å². The molecule has 6 rings (SSSR count). The number of rotatable bonds is 4. The van der Waals surface area contributed by atoms with Crippen LogP contribution >= 0.6 is 0 Å².